The van der Waals surface area contributed by atoms with Crippen LogP contribution in [-0.2, 0) is 16.6 Å². The van der Waals surface area contributed by atoms with Gasteiger partial charge in [-0.2, -0.15) is 8.42 Å². The molecule has 2 aromatic carbocycles. The molecular weight excluding hydrogens is 388 g/mol. The fourth-order valence-electron chi connectivity index (χ4n) is 3.49. The van der Waals surface area contributed by atoms with Gasteiger partial charge in [-0.1, -0.05) is 44.2 Å². The first-order valence-corrected chi connectivity index (χ1v) is 10.9. The van der Waals surface area contributed by atoms with Crippen LogP contribution in [0.5, 0.6) is 0 Å². The van der Waals surface area contributed by atoms with E-state index in [2.05, 4.69) is 23.6 Å². The molecule has 0 atom stereocenters. The summed E-state index contributed by atoms with van der Waals surface area (Å²) in [6.07, 6.45) is 0.800. The van der Waals surface area contributed by atoms with Crippen LogP contribution >= 0.6 is 0 Å². The van der Waals surface area contributed by atoms with Gasteiger partial charge in [0.2, 0.25) is 0 Å². The highest BCUT2D eigenvalue weighted by molar-refractivity contribution is 7.90. The molecule has 0 fully saturated rings. The quantitative estimate of drug-likeness (QED) is 0.687. The molecular formula is C21H22N4O3S. The number of fused-ring (bicyclic) bond motifs is 2. The zero-order valence-electron chi connectivity index (χ0n) is 16.2. The predicted molar refractivity (Wildman–Crippen MR) is 116 cm³/mol. The molecule has 0 radical (unpaired) electrons. The maximum atomic E-state index is 13.4. The average molecular weight is 410 g/mol. The molecule has 0 saturated carbocycles. The number of hydrogen-bond donors (Lipinski definition) is 2. The highest BCUT2D eigenvalue weighted by Gasteiger charge is 2.28. The van der Waals surface area contributed by atoms with E-state index in [0.29, 0.717) is 23.5 Å². The maximum Gasteiger partial charge on any atom is 0.286 e. The molecule has 7 nitrogen and oxygen atoms in total. The monoisotopic (exact) mass is 410 g/mol. The summed E-state index contributed by atoms with van der Waals surface area (Å²) in [4.78, 5) is 13.5. The van der Waals surface area contributed by atoms with E-state index < -0.39 is 10.0 Å². The predicted octanol–water partition coefficient (Wildman–Crippen LogP) is 3.19. The number of nitrogens with two attached hydrogens (primary N) is 1. The molecule has 0 spiro atoms. The topological polar surface area (TPSA) is 107 Å². The summed E-state index contributed by atoms with van der Waals surface area (Å²) in [5, 5.41) is 3.67. The van der Waals surface area contributed by atoms with Crippen molar-refractivity contribution < 1.29 is 8.42 Å². The van der Waals surface area contributed by atoms with Crippen LogP contribution in [0.1, 0.15) is 25.8 Å². The number of rotatable bonds is 4. The molecule has 2 heterocycles. The summed E-state index contributed by atoms with van der Waals surface area (Å²) in [6.45, 7) is 4.67. The van der Waals surface area contributed by atoms with Crippen LogP contribution < -0.4 is 16.6 Å². The molecule has 0 amide bonds. The van der Waals surface area contributed by atoms with Crippen molar-refractivity contribution in [1.29, 1.82) is 0 Å². The molecule has 150 valence electrons. The lowest BCUT2D eigenvalue weighted by atomic mass is 10.1. The molecule has 0 bridgehead atoms. The standard InChI is InChI=1S/C21H22N4O3S/c1-13(2)11-12-25-16-9-5-3-7-14(16)19(22)18(21(25)26)20-23-15-8-4-6-10-17(15)29(27,28)24-20/h3-10,13H,11-12,22H2,1-2H3,(H,23,24). The van der Waals surface area contributed by atoms with Crippen molar-refractivity contribution in [1.82, 2.24) is 4.57 Å². The molecule has 1 aromatic heterocycles. The molecule has 1 aliphatic heterocycles. The normalized spacial score (nSPS) is 15.1. The lowest BCUT2D eigenvalue weighted by Crippen LogP contribution is -2.34. The van der Waals surface area contributed by atoms with Crippen LogP contribution in [-0.4, -0.2) is 18.8 Å². The summed E-state index contributed by atoms with van der Waals surface area (Å²) in [5.74, 6) is 0.356. The number of pyridine rings is 1. The first-order valence-electron chi connectivity index (χ1n) is 9.42. The van der Waals surface area contributed by atoms with Gasteiger partial charge in [0, 0.05) is 11.9 Å². The van der Waals surface area contributed by atoms with Crippen molar-refractivity contribution in [2.75, 3.05) is 11.1 Å². The van der Waals surface area contributed by atoms with Crippen LogP contribution in [0, 0.1) is 5.92 Å². The zero-order valence-corrected chi connectivity index (χ0v) is 17.0. The number of amidine groups is 1. The minimum absolute atomic E-state index is 0.0461. The molecule has 29 heavy (non-hydrogen) atoms. The van der Waals surface area contributed by atoms with Crippen LogP contribution in [0.3, 0.4) is 0 Å². The summed E-state index contributed by atoms with van der Waals surface area (Å²) in [6, 6.07) is 13.8. The van der Waals surface area contributed by atoms with Crippen molar-refractivity contribution in [3.05, 3.63) is 64.4 Å². The number of sulfonamides is 1. The first-order chi connectivity index (χ1) is 13.8. The first kappa shape index (κ1) is 19.2. The average Bonchev–Trinajstić information content (AvgIpc) is 2.67. The molecule has 3 N–H and O–H groups in total. The third-order valence-electron chi connectivity index (χ3n) is 5.01. The van der Waals surface area contributed by atoms with Gasteiger partial charge in [-0.25, -0.2) is 0 Å². The number of aryl methyl sites for hydroxylation is 1. The van der Waals surface area contributed by atoms with Gasteiger partial charge in [0.25, 0.3) is 15.6 Å². The molecule has 0 unspecified atom stereocenters. The lowest BCUT2D eigenvalue weighted by molar-refractivity contribution is 0.516. The molecule has 4 rings (SSSR count). The second-order valence-electron chi connectivity index (χ2n) is 7.48. The fraction of sp³-hybridized carbons (Fsp3) is 0.238. The van der Waals surface area contributed by atoms with Gasteiger partial charge in [0.1, 0.15) is 10.5 Å². The van der Waals surface area contributed by atoms with Crippen LogP contribution in [0.25, 0.3) is 10.9 Å². The Kier molecular flexibility index (Phi) is 4.66. The minimum Gasteiger partial charge on any atom is -0.397 e. The van der Waals surface area contributed by atoms with Crippen molar-refractivity contribution in [2.24, 2.45) is 10.3 Å². The summed E-state index contributed by atoms with van der Waals surface area (Å²) in [5.41, 5.74) is 7.38. The van der Waals surface area contributed by atoms with E-state index in [4.69, 9.17) is 5.73 Å². The van der Waals surface area contributed by atoms with Gasteiger partial charge in [-0.05, 0) is 30.5 Å². The van der Waals surface area contributed by atoms with Gasteiger partial charge in [-0.15, -0.1) is 4.40 Å². The van der Waals surface area contributed by atoms with Gasteiger partial charge in [0.15, 0.2) is 5.84 Å². The van der Waals surface area contributed by atoms with Crippen molar-refractivity contribution in [3.8, 4) is 0 Å². The third-order valence-corrected chi connectivity index (χ3v) is 6.34. The maximum absolute atomic E-state index is 13.4. The van der Waals surface area contributed by atoms with E-state index in [1.807, 2.05) is 24.3 Å². The van der Waals surface area contributed by atoms with E-state index in [1.54, 1.807) is 22.8 Å². The highest BCUT2D eigenvalue weighted by Crippen LogP contribution is 2.30. The molecule has 3 aromatic rings. The van der Waals surface area contributed by atoms with Gasteiger partial charge >= 0.3 is 0 Å². The van der Waals surface area contributed by atoms with E-state index in [9.17, 15) is 13.2 Å². The molecule has 0 saturated heterocycles. The summed E-state index contributed by atoms with van der Waals surface area (Å²) in [7, 11) is -3.94. The van der Waals surface area contributed by atoms with E-state index in [-0.39, 0.29) is 27.5 Å². The van der Waals surface area contributed by atoms with Crippen molar-refractivity contribution in [2.45, 2.75) is 31.7 Å². The van der Waals surface area contributed by atoms with E-state index >= 15 is 0 Å². The Morgan fingerprint density at radius 2 is 1.79 bits per heavy atom. The third kappa shape index (κ3) is 3.29. The number of hydrogen-bond acceptors (Lipinski definition) is 5. The summed E-state index contributed by atoms with van der Waals surface area (Å²) >= 11 is 0. The Morgan fingerprint density at radius 1 is 1.10 bits per heavy atom. The number of nitrogen functional groups attached to an aromatic ring is 1. The number of anilines is 2. The smallest absolute Gasteiger partial charge is 0.286 e. The number of nitrogens with one attached hydrogen (secondary N) is 1. The number of benzene rings is 2. The zero-order chi connectivity index (χ0) is 20.8. The number of aromatic nitrogens is 1. The molecule has 1 aliphatic rings. The highest BCUT2D eigenvalue weighted by atomic mass is 32.2. The van der Waals surface area contributed by atoms with E-state index in [1.165, 1.54) is 6.07 Å². The van der Waals surface area contributed by atoms with Crippen LogP contribution in [0.15, 0.2) is 62.6 Å². The largest absolute Gasteiger partial charge is 0.397 e. The van der Waals surface area contributed by atoms with Crippen LogP contribution in [0.2, 0.25) is 0 Å². The van der Waals surface area contributed by atoms with Crippen LogP contribution in [0.4, 0.5) is 11.4 Å². The minimum atomic E-state index is -3.94. The van der Waals surface area contributed by atoms with Crippen molar-refractivity contribution >= 4 is 38.1 Å². The lowest BCUT2D eigenvalue weighted by Gasteiger charge is -2.21. The second kappa shape index (κ2) is 7.04. The Labute approximate surface area is 168 Å². The Bertz CT molecular complexity index is 1310. The van der Waals surface area contributed by atoms with Gasteiger partial charge < -0.3 is 15.6 Å². The SMILES string of the molecule is CC(C)CCn1c(=O)c(C2=NS(=O)(=O)c3ccccc3N2)c(N)c2ccccc21. The fourth-order valence-corrected chi connectivity index (χ4v) is 4.62. The molecule has 8 heteroatoms. The van der Waals surface area contributed by atoms with Gasteiger partial charge in [0.05, 0.1) is 16.9 Å². The Hall–Kier alpha value is -3.13. The second-order valence-corrected chi connectivity index (χ2v) is 9.05. The summed E-state index contributed by atoms with van der Waals surface area (Å²) < 4.78 is 30.9. The Balaban J connectivity index is 1.98. The Morgan fingerprint density at radius 3 is 2.55 bits per heavy atom. The van der Waals surface area contributed by atoms with Gasteiger partial charge in [-0.3, -0.25) is 4.79 Å². The van der Waals surface area contributed by atoms with E-state index in [0.717, 1.165) is 11.9 Å². The van der Waals surface area contributed by atoms with Crippen molar-refractivity contribution in [3.63, 3.8) is 0 Å². The number of nitrogens with zero attached hydrogens (tertiary/aromatic N) is 2. The number of para-hydroxylation sites is 2. The molecule has 0 aliphatic carbocycles.